The second kappa shape index (κ2) is 4.15. The summed E-state index contributed by atoms with van der Waals surface area (Å²) >= 11 is 0. The molecule has 4 rings (SSSR count). The molecule has 0 spiro atoms. The first-order chi connectivity index (χ1) is 10.1. The summed E-state index contributed by atoms with van der Waals surface area (Å²) in [6, 6.07) is 9.23. The molecule has 0 aliphatic carbocycles. The third kappa shape index (κ3) is 1.67. The minimum atomic E-state index is -0.292. The number of hydrogen-bond donors (Lipinski definition) is 1. The molecule has 104 valence electrons. The standard InChI is InChI=1S/C16H13FN4/c1-9-4-3-5-14-15(9)19-16(21(14)2)11-7-13-10(6-12(11)17)8-18-20-13/h3-8H,1-2H3,(H,18,20). The number of H-pyrrole nitrogens is 1. The Morgan fingerprint density at radius 2 is 2.10 bits per heavy atom. The van der Waals surface area contributed by atoms with Crippen LogP contribution in [0.3, 0.4) is 0 Å². The maximum absolute atomic E-state index is 14.4. The van der Waals surface area contributed by atoms with Gasteiger partial charge in [0.05, 0.1) is 28.3 Å². The number of hydrogen-bond acceptors (Lipinski definition) is 2. The van der Waals surface area contributed by atoms with Crippen molar-refractivity contribution in [3.05, 3.63) is 47.9 Å². The topological polar surface area (TPSA) is 46.5 Å². The molecule has 0 bridgehead atoms. The lowest BCUT2D eigenvalue weighted by atomic mass is 10.1. The summed E-state index contributed by atoms with van der Waals surface area (Å²) in [5.74, 6) is 0.327. The number of nitrogens with zero attached hydrogens (tertiary/aromatic N) is 3. The van der Waals surface area contributed by atoms with E-state index in [0.29, 0.717) is 11.4 Å². The lowest BCUT2D eigenvalue weighted by molar-refractivity contribution is 0.631. The average Bonchev–Trinajstić information content (AvgIpc) is 3.04. The number of aryl methyl sites for hydroxylation is 2. The number of rotatable bonds is 1. The molecule has 0 aliphatic heterocycles. The monoisotopic (exact) mass is 280 g/mol. The van der Waals surface area contributed by atoms with E-state index in [4.69, 9.17) is 0 Å². The summed E-state index contributed by atoms with van der Waals surface area (Å²) in [4.78, 5) is 4.62. The zero-order chi connectivity index (χ0) is 14.6. The van der Waals surface area contributed by atoms with Gasteiger partial charge in [-0.25, -0.2) is 9.37 Å². The van der Waals surface area contributed by atoms with Crippen LogP contribution in [0, 0.1) is 12.7 Å². The van der Waals surface area contributed by atoms with Gasteiger partial charge in [-0.2, -0.15) is 5.10 Å². The number of halogens is 1. The molecule has 4 nitrogen and oxygen atoms in total. The fourth-order valence-electron chi connectivity index (χ4n) is 2.73. The van der Waals surface area contributed by atoms with E-state index in [1.165, 1.54) is 6.07 Å². The molecule has 4 aromatic rings. The number of para-hydroxylation sites is 1. The highest BCUT2D eigenvalue weighted by Crippen LogP contribution is 2.29. The van der Waals surface area contributed by atoms with Crippen LogP contribution in [0.5, 0.6) is 0 Å². The smallest absolute Gasteiger partial charge is 0.143 e. The molecule has 0 fully saturated rings. The molecule has 0 unspecified atom stereocenters. The van der Waals surface area contributed by atoms with Crippen molar-refractivity contribution in [1.82, 2.24) is 19.7 Å². The molecule has 0 saturated heterocycles. The molecule has 0 aliphatic rings. The summed E-state index contributed by atoms with van der Waals surface area (Å²) in [6.07, 6.45) is 1.61. The van der Waals surface area contributed by atoms with Crippen molar-refractivity contribution < 1.29 is 4.39 Å². The van der Waals surface area contributed by atoms with Gasteiger partial charge in [-0.15, -0.1) is 0 Å². The molecular weight excluding hydrogens is 267 g/mol. The summed E-state index contributed by atoms with van der Waals surface area (Å²) in [5.41, 5.74) is 4.26. The zero-order valence-corrected chi connectivity index (χ0v) is 11.7. The predicted molar refractivity (Wildman–Crippen MR) is 80.5 cm³/mol. The van der Waals surface area contributed by atoms with Crippen molar-refractivity contribution in [3.63, 3.8) is 0 Å². The van der Waals surface area contributed by atoms with E-state index in [9.17, 15) is 4.39 Å². The predicted octanol–water partition coefficient (Wildman–Crippen LogP) is 3.56. The Hall–Kier alpha value is -2.69. The van der Waals surface area contributed by atoms with Crippen LogP contribution >= 0.6 is 0 Å². The Morgan fingerprint density at radius 1 is 1.24 bits per heavy atom. The van der Waals surface area contributed by atoms with Crippen LogP contribution in [0.25, 0.3) is 33.3 Å². The van der Waals surface area contributed by atoms with Gasteiger partial charge in [0.2, 0.25) is 0 Å². The first-order valence-electron chi connectivity index (χ1n) is 6.70. The van der Waals surface area contributed by atoms with Gasteiger partial charge in [0, 0.05) is 12.4 Å². The van der Waals surface area contributed by atoms with E-state index in [2.05, 4.69) is 15.2 Å². The first-order valence-corrected chi connectivity index (χ1v) is 6.70. The maximum Gasteiger partial charge on any atom is 0.143 e. The number of aromatic amines is 1. The Kier molecular flexibility index (Phi) is 2.39. The van der Waals surface area contributed by atoms with Gasteiger partial charge in [-0.1, -0.05) is 12.1 Å². The molecule has 2 aromatic heterocycles. The molecule has 5 heteroatoms. The van der Waals surface area contributed by atoms with Gasteiger partial charge in [0.1, 0.15) is 11.6 Å². The Labute approximate surface area is 120 Å². The van der Waals surface area contributed by atoms with Crippen LogP contribution in [0.1, 0.15) is 5.56 Å². The highest BCUT2D eigenvalue weighted by Gasteiger charge is 2.16. The summed E-state index contributed by atoms with van der Waals surface area (Å²) in [5, 5.41) is 7.56. The van der Waals surface area contributed by atoms with Crippen LogP contribution in [-0.4, -0.2) is 19.7 Å². The molecule has 2 heterocycles. The van der Waals surface area contributed by atoms with Crippen LogP contribution in [-0.2, 0) is 7.05 Å². The van der Waals surface area contributed by atoms with Crippen LogP contribution in [0.4, 0.5) is 4.39 Å². The molecule has 1 N–H and O–H groups in total. The van der Waals surface area contributed by atoms with Crippen molar-refractivity contribution in [2.75, 3.05) is 0 Å². The molecule has 0 saturated carbocycles. The van der Waals surface area contributed by atoms with Crippen LogP contribution < -0.4 is 0 Å². The van der Waals surface area contributed by atoms with Crippen molar-refractivity contribution >= 4 is 21.9 Å². The average molecular weight is 280 g/mol. The second-order valence-corrected chi connectivity index (χ2v) is 5.23. The second-order valence-electron chi connectivity index (χ2n) is 5.23. The van der Waals surface area contributed by atoms with Gasteiger partial charge in [-0.3, -0.25) is 5.10 Å². The number of fused-ring (bicyclic) bond motifs is 2. The van der Waals surface area contributed by atoms with E-state index in [1.54, 1.807) is 12.3 Å². The van der Waals surface area contributed by atoms with Crippen molar-refractivity contribution in [1.29, 1.82) is 0 Å². The van der Waals surface area contributed by atoms with Crippen molar-refractivity contribution in [2.45, 2.75) is 6.92 Å². The number of benzene rings is 2. The van der Waals surface area contributed by atoms with E-state index in [1.807, 2.05) is 36.7 Å². The summed E-state index contributed by atoms with van der Waals surface area (Å²) < 4.78 is 16.3. The van der Waals surface area contributed by atoms with E-state index in [0.717, 1.165) is 27.5 Å². The molecule has 0 amide bonds. The Morgan fingerprint density at radius 3 is 2.90 bits per heavy atom. The quantitative estimate of drug-likeness (QED) is 0.579. The Balaban J connectivity index is 2.06. The van der Waals surface area contributed by atoms with Crippen molar-refractivity contribution in [2.24, 2.45) is 7.05 Å². The largest absolute Gasteiger partial charge is 0.327 e. The van der Waals surface area contributed by atoms with E-state index < -0.39 is 0 Å². The summed E-state index contributed by atoms with van der Waals surface area (Å²) in [7, 11) is 1.90. The van der Waals surface area contributed by atoms with E-state index in [-0.39, 0.29) is 5.82 Å². The van der Waals surface area contributed by atoms with Gasteiger partial charge in [-0.05, 0) is 30.7 Å². The van der Waals surface area contributed by atoms with Gasteiger partial charge in [0.25, 0.3) is 0 Å². The van der Waals surface area contributed by atoms with Crippen LogP contribution in [0.2, 0.25) is 0 Å². The highest BCUT2D eigenvalue weighted by molar-refractivity contribution is 5.87. The normalized spacial score (nSPS) is 11.6. The first kappa shape index (κ1) is 12.1. The van der Waals surface area contributed by atoms with Gasteiger partial charge < -0.3 is 4.57 Å². The zero-order valence-electron chi connectivity index (χ0n) is 11.7. The number of imidazole rings is 1. The number of nitrogens with one attached hydrogen (secondary N) is 1. The number of aromatic nitrogens is 4. The fraction of sp³-hybridized carbons (Fsp3) is 0.125. The highest BCUT2D eigenvalue weighted by atomic mass is 19.1. The maximum atomic E-state index is 14.4. The summed E-state index contributed by atoms with van der Waals surface area (Å²) in [6.45, 7) is 2.01. The molecule has 0 radical (unpaired) electrons. The lowest BCUT2D eigenvalue weighted by Crippen LogP contribution is -1.95. The fourth-order valence-corrected chi connectivity index (χ4v) is 2.73. The molecule has 21 heavy (non-hydrogen) atoms. The van der Waals surface area contributed by atoms with Gasteiger partial charge in [0.15, 0.2) is 0 Å². The van der Waals surface area contributed by atoms with Gasteiger partial charge >= 0.3 is 0 Å². The van der Waals surface area contributed by atoms with Crippen LogP contribution in [0.15, 0.2) is 36.5 Å². The minimum absolute atomic E-state index is 0.292. The molecule has 0 atom stereocenters. The molecule has 2 aromatic carbocycles. The van der Waals surface area contributed by atoms with E-state index >= 15 is 0 Å². The molecular formula is C16H13FN4. The SMILES string of the molecule is Cc1cccc2c1nc(-c1cc3[nH]ncc3cc1F)n2C. The third-order valence-electron chi connectivity index (χ3n) is 3.88. The lowest BCUT2D eigenvalue weighted by Gasteiger charge is -2.04. The minimum Gasteiger partial charge on any atom is -0.327 e. The Bertz CT molecular complexity index is 981. The third-order valence-corrected chi connectivity index (χ3v) is 3.88. The van der Waals surface area contributed by atoms with Crippen molar-refractivity contribution in [3.8, 4) is 11.4 Å².